The summed E-state index contributed by atoms with van der Waals surface area (Å²) in [5.74, 6) is 0.377. The lowest BCUT2D eigenvalue weighted by Gasteiger charge is -2.01. The second kappa shape index (κ2) is 8.09. The molecule has 0 saturated carbocycles. The third-order valence-corrected chi connectivity index (χ3v) is 2.80. The minimum atomic E-state index is 0.377. The van der Waals surface area contributed by atoms with Crippen LogP contribution in [0.5, 0.6) is 0 Å². The summed E-state index contributed by atoms with van der Waals surface area (Å²) in [6.07, 6.45) is 7.45. The summed E-state index contributed by atoms with van der Waals surface area (Å²) in [4.78, 5) is 11.6. The van der Waals surface area contributed by atoms with Crippen LogP contribution in [0.15, 0.2) is 30.3 Å². The molecule has 0 atom stereocenters. The molecule has 0 saturated heterocycles. The standard InChI is InChI=1S/C15H22O/c1-2-3-4-5-9-12-15(16)13-14-10-7-6-8-11-14/h6-8,10-11H,2-5,9,12-13H2,1H3. The highest BCUT2D eigenvalue weighted by Crippen LogP contribution is 2.08. The molecule has 1 aromatic carbocycles. The Bertz CT molecular complexity index is 290. The fourth-order valence-electron chi connectivity index (χ4n) is 1.84. The first-order valence-electron chi connectivity index (χ1n) is 6.38. The number of unbranched alkanes of at least 4 members (excludes halogenated alkanes) is 4. The van der Waals surface area contributed by atoms with Crippen LogP contribution in [0.3, 0.4) is 0 Å². The highest BCUT2D eigenvalue weighted by molar-refractivity contribution is 5.80. The number of benzene rings is 1. The third-order valence-electron chi connectivity index (χ3n) is 2.80. The van der Waals surface area contributed by atoms with Gasteiger partial charge in [0, 0.05) is 12.8 Å². The Kier molecular flexibility index (Phi) is 6.55. The fourth-order valence-corrected chi connectivity index (χ4v) is 1.84. The number of rotatable bonds is 8. The fraction of sp³-hybridized carbons (Fsp3) is 0.533. The molecule has 88 valence electrons. The molecular formula is C15H22O. The lowest BCUT2D eigenvalue weighted by molar-refractivity contribution is -0.118. The summed E-state index contributed by atoms with van der Waals surface area (Å²) >= 11 is 0. The first-order chi connectivity index (χ1) is 7.83. The molecule has 0 N–H and O–H groups in total. The smallest absolute Gasteiger partial charge is 0.137 e. The van der Waals surface area contributed by atoms with Gasteiger partial charge in [-0.3, -0.25) is 4.79 Å². The van der Waals surface area contributed by atoms with Gasteiger partial charge in [0.1, 0.15) is 5.78 Å². The van der Waals surface area contributed by atoms with E-state index in [2.05, 4.69) is 6.92 Å². The number of hydrogen-bond acceptors (Lipinski definition) is 1. The van der Waals surface area contributed by atoms with Gasteiger partial charge in [-0.2, -0.15) is 0 Å². The molecule has 0 heterocycles. The molecule has 1 nitrogen and oxygen atoms in total. The number of Topliss-reactive ketones (excluding diaryl/α,β-unsaturated/α-hetero) is 1. The third kappa shape index (κ3) is 5.69. The van der Waals surface area contributed by atoms with Crippen LogP contribution in [0.25, 0.3) is 0 Å². The summed E-state index contributed by atoms with van der Waals surface area (Å²) in [5.41, 5.74) is 1.14. The van der Waals surface area contributed by atoms with Gasteiger partial charge in [-0.1, -0.05) is 62.9 Å². The van der Waals surface area contributed by atoms with Crippen LogP contribution in [-0.2, 0) is 11.2 Å². The molecule has 0 fully saturated rings. The van der Waals surface area contributed by atoms with E-state index in [0.717, 1.165) is 18.4 Å². The summed E-state index contributed by atoms with van der Waals surface area (Å²) in [7, 11) is 0. The molecule has 0 bridgehead atoms. The van der Waals surface area contributed by atoms with Gasteiger partial charge in [-0.15, -0.1) is 0 Å². The SMILES string of the molecule is CCCCCCCC(=O)Cc1ccccc1. The van der Waals surface area contributed by atoms with Crippen molar-refractivity contribution in [2.75, 3.05) is 0 Å². The predicted molar refractivity (Wildman–Crippen MR) is 68.5 cm³/mol. The van der Waals surface area contributed by atoms with Crippen LogP contribution < -0.4 is 0 Å². The Hall–Kier alpha value is -1.11. The zero-order valence-electron chi connectivity index (χ0n) is 10.2. The summed E-state index contributed by atoms with van der Waals surface area (Å²) in [5, 5.41) is 0. The molecule has 0 aromatic heterocycles. The first-order valence-corrected chi connectivity index (χ1v) is 6.38. The molecule has 16 heavy (non-hydrogen) atoms. The Labute approximate surface area is 98.9 Å². The van der Waals surface area contributed by atoms with Crippen LogP contribution in [0.1, 0.15) is 51.0 Å². The number of ketones is 1. The second-order valence-corrected chi connectivity index (χ2v) is 4.37. The van der Waals surface area contributed by atoms with Crippen LogP contribution >= 0.6 is 0 Å². The van der Waals surface area contributed by atoms with Crippen molar-refractivity contribution in [3.8, 4) is 0 Å². The molecule has 0 spiro atoms. The molecular weight excluding hydrogens is 196 g/mol. The van der Waals surface area contributed by atoms with Gasteiger partial charge in [0.25, 0.3) is 0 Å². The van der Waals surface area contributed by atoms with E-state index in [1.54, 1.807) is 0 Å². The lowest BCUT2D eigenvalue weighted by Crippen LogP contribution is -2.02. The van der Waals surface area contributed by atoms with Crippen LogP contribution in [0.2, 0.25) is 0 Å². The van der Waals surface area contributed by atoms with Gasteiger partial charge in [-0.25, -0.2) is 0 Å². The Morgan fingerprint density at radius 1 is 1.00 bits per heavy atom. The molecule has 1 heteroatoms. The monoisotopic (exact) mass is 218 g/mol. The maximum atomic E-state index is 11.6. The van der Waals surface area contributed by atoms with Crippen molar-refractivity contribution in [2.45, 2.75) is 51.9 Å². The van der Waals surface area contributed by atoms with E-state index >= 15 is 0 Å². The van der Waals surface area contributed by atoms with Crippen molar-refractivity contribution < 1.29 is 4.79 Å². The topological polar surface area (TPSA) is 17.1 Å². The maximum absolute atomic E-state index is 11.6. The summed E-state index contributed by atoms with van der Waals surface area (Å²) in [6.45, 7) is 2.21. The molecule has 0 aliphatic heterocycles. The van der Waals surface area contributed by atoms with E-state index in [1.807, 2.05) is 30.3 Å². The molecule has 0 aliphatic carbocycles. The quantitative estimate of drug-likeness (QED) is 0.599. The Balaban J connectivity index is 2.12. The van der Waals surface area contributed by atoms with Crippen LogP contribution in [0.4, 0.5) is 0 Å². The predicted octanol–water partition coefficient (Wildman–Crippen LogP) is 4.16. The minimum absolute atomic E-state index is 0.377. The molecule has 1 aromatic rings. The molecule has 1 rings (SSSR count). The highest BCUT2D eigenvalue weighted by Gasteiger charge is 2.02. The zero-order valence-corrected chi connectivity index (χ0v) is 10.2. The Morgan fingerprint density at radius 3 is 2.38 bits per heavy atom. The molecule has 0 amide bonds. The largest absolute Gasteiger partial charge is 0.299 e. The van der Waals surface area contributed by atoms with Crippen molar-refractivity contribution in [2.24, 2.45) is 0 Å². The van der Waals surface area contributed by atoms with Crippen molar-refractivity contribution in [3.05, 3.63) is 35.9 Å². The van der Waals surface area contributed by atoms with Crippen molar-refractivity contribution in [1.82, 2.24) is 0 Å². The minimum Gasteiger partial charge on any atom is -0.299 e. The zero-order chi connectivity index (χ0) is 11.6. The number of hydrogen-bond donors (Lipinski definition) is 0. The number of carbonyl (C=O) groups is 1. The van der Waals surface area contributed by atoms with Crippen molar-refractivity contribution >= 4 is 5.78 Å². The van der Waals surface area contributed by atoms with Crippen LogP contribution in [0, 0.1) is 0 Å². The molecule has 0 radical (unpaired) electrons. The van der Waals surface area contributed by atoms with Gasteiger partial charge in [0.2, 0.25) is 0 Å². The van der Waals surface area contributed by atoms with Crippen molar-refractivity contribution in [1.29, 1.82) is 0 Å². The maximum Gasteiger partial charge on any atom is 0.137 e. The van der Waals surface area contributed by atoms with Crippen molar-refractivity contribution in [3.63, 3.8) is 0 Å². The van der Waals surface area contributed by atoms with Gasteiger partial charge >= 0.3 is 0 Å². The average Bonchev–Trinajstić information content (AvgIpc) is 2.30. The van der Waals surface area contributed by atoms with E-state index in [9.17, 15) is 4.79 Å². The van der Waals surface area contributed by atoms with Gasteiger partial charge in [0.05, 0.1) is 0 Å². The molecule has 0 unspecified atom stereocenters. The van der Waals surface area contributed by atoms with E-state index in [0.29, 0.717) is 12.2 Å². The Morgan fingerprint density at radius 2 is 1.69 bits per heavy atom. The first kappa shape index (κ1) is 13.0. The van der Waals surface area contributed by atoms with E-state index in [1.165, 1.54) is 25.7 Å². The van der Waals surface area contributed by atoms with Gasteiger partial charge < -0.3 is 0 Å². The van der Waals surface area contributed by atoms with E-state index < -0.39 is 0 Å². The normalized spacial score (nSPS) is 10.3. The number of carbonyl (C=O) groups excluding carboxylic acids is 1. The summed E-state index contributed by atoms with van der Waals surface area (Å²) < 4.78 is 0. The van der Waals surface area contributed by atoms with Gasteiger partial charge in [-0.05, 0) is 12.0 Å². The second-order valence-electron chi connectivity index (χ2n) is 4.37. The van der Waals surface area contributed by atoms with Gasteiger partial charge in [0.15, 0.2) is 0 Å². The van der Waals surface area contributed by atoms with E-state index in [4.69, 9.17) is 0 Å². The highest BCUT2D eigenvalue weighted by atomic mass is 16.1. The average molecular weight is 218 g/mol. The molecule has 0 aliphatic rings. The lowest BCUT2D eigenvalue weighted by atomic mass is 10.0. The summed E-state index contributed by atoms with van der Waals surface area (Å²) in [6, 6.07) is 10.0. The van der Waals surface area contributed by atoms with E-state index in [-0.39, 0.29) is 0 Å². The van der Waals surface area contributed by atoms with Crippen LogP contribution in [-0.4, -0.2) is 5.78 Å².